The van der Waals surface area contributed by atoms with Crippen molar-refractivity contribution in [2.45, 2.75) is 32.1 Å². The normalized spacial score (nSPS) is 13.8. The molecule has 0 atom stereocenters. The zero-order valence-electron chi connectivity index (χ0n) is 13.2. The van der Waals surface area contributed by atoms with Crippen molar-refractivity contribution in [2.75, 3.05) is 26.2 Å². The molecular formula is C16H23N3O4. The van der Waals surface area contributed by atoms with Crippen molar-refractivity contribution in [3.8, 4) is 0 Å². The summed E-state index contributed by atoms with van der Waals surface area (Å²) in [6, 6.07) is 3.23. The van der Waals surface area contributed by atoms with Crippen LogP contribution in [-0.2, 0) is 9.59 Å². The molecule has 1 aromatic heterocycles. The minimum absolute atomic E-state index is 0.105. The van der Waals surface area contributed by atoms with Crippen molar-refractivity contribution in [3.63, 3.8) is 0 Å². The van der Waals surface area contributed by atoms with E-state index in [9.17, 15) is 14.4 Å². The minimum atomic E-state index is -0.286. The first kappa shape index (κ1) is 17.1. The highest BCUT2D eigenvalue weighted by Gasteiger charge is 2.17. The van der Waals surface area contributed by atoms with Gasteiger partial charge in [-0.3, -0.25) is 14.4 Å². The van der Waals surface area contributed by atoms with E-state index in [4.69, 9.17) is 4.42 Å². The molecule has 0 aliphatic carbocycles. The van der Waals surface area contributed by atoms with E-state index in [1.807, 2.05) is 4.90 Å². The number of likely N-dealkylation sites (tertiary alicyclic amines) is 1. The van der Waals surface area contributed by atoms with E-state index in [0.717, 1.165) is 25.9 Å². The molecule has 1 aliphatic rings. The van der Waals surface area contributed by atoms with Crippen LogP contribution in [0.2, 0.25) is 0 Å². The number of carbonyl (C=O) groups excluding carboxylic acids is 3. The third kappa shape index (κ3) is 5.77. The molecule has 0 aromatic carbocycles. The Balaban J connectivity index is 1.50. The van der Waals surface area contributed by atoms with Crippen LogP contribution in [0.25, 0.3) is 0 Å². The summed E-state index contributed by atoms with van der Waals surface area (Å²) < 4.78 is 4.96. The van der Waals surface area contributed by atoms with Crippen LogP contribution in [0.15, 0.2) is 22.8 Å². The first-order valence-electron chi connectivity index (χ1n) is 8.03. The molecule has 1 fully saturated rings. The number of hydrogen-bond acceptors (Lipinski definition) is 4. The number of amides is 3. The lowest BCUT2D eigenvalue weighted by atomic mass is 10.2. The van der Waals surface area contributed by atoms with Crippen molar-refractivity contribution in [2.24, 2.45) is 0 Å². The average molecular weight is 321 g/mol. The van der Waals surface area contributed by atoms with Gasteiger partial charge in [0.1, 0.15) is 0 Å². The van der Waals surface area contributed by atoms with Crippen molar-refractivity contribution >= 4 is 17.7 Å². The number of furan rings is 1. The van der Waals surface area contributed by atoms with Crippen LogP contribution >= 0.6 is 0 Å². The van der Waals surface area contributed by atoms with Crippen LogP contribution in [0.5, 0.6) is 0 Å². The summed E-state index contributed by atoms with van der Waals surface area (Å²) in [5.41, 5.74) is 0. The molecule has 7 nitrogen and oxygen atoms in total. The van der Waals surface area contributed by atoms with Gasteiger partial charge in [0.2, 0.25) is 11.8 Å². The van der Waals surface area contributed by atoms with E-state index in [1.165, 1.54) is 6.26 Å². The Morgan fingerprint density at radius 3 is 2.57 bits per heavy atom. The highest BCUT2D eigenvalue weighted by atomic mass is 16.3. The van der Waals surface area contributed by atoms with Crippen molar-refractivity contribution in [1.82, 2.24) is 15.5 Å². The molecule has 2 N–H and O–H groups in total. The summed E-state index contributed by atoms with van der Waals surface area (Å²) in [5, 5.41) is 5.41. The van der Waals surface area contributed by atoms with Crippen molar-refractivity contribution < 1.29 is 18.8 Å². The fraction of sp³-hybridized carbons (Fsp3) is 0.562. The summed E-state index contributed by atoms with van der Waals surface area (Å²) in [4.78, 5) is 36.9. The molecule has 2 heterocycles. The van der Waals surface area contributed by atoms with Crippen LogP contribution in [0, 0.1) is 0 Å². The topological polar surface area (TPSA) is 91.6 Å². The maximum absolute atomic E-state index is 11.8. The van der Waals surface area contributed by atoms with Gasteiger partial charge in [0, 0.05) is 39.0 Å². The predicted molar refractivity (Wildman–Crippen MR) is 83.7 cm³/mol. The molecule has 0 radical (unpaired) electrons. The van der Waals surface area contributed by atoms with Gasteiger partial charge >= 0.3 is 0 Å². The number of nitrogens with zero attached hydrogens (tertiary/aromatic N) is 1. The Bertz CT molecular complexity index is 521. The Kier molecular flexibility index (Phi) is 6.65. The average Bonchev–Trinajstić information content (AvgIpc) is 3.24. The summed E-state index contributed by atoms with van der Waals surface area (Å²) in [6.07, 6.45) is 4.78. The van der Waals surface area contributed by atoms with Crippen molar-refractivity contribution in [3.05, 3.63) is 24.2 Å². The smallest absolute Gasteiger partial charge is 0.286 e. The Hall–Kier alpha value is -2.31. The van der Waals surface area contributed by atoms with Crippen LogP contribution in [0.1, 0.15) is 42.7 Å². The summed E-state index contributed by atoms with van der Waals surface area (Å²) >= 11 is 0. The molecule has 1 aliphatic heterocycles. The van der Waals surface area contributed by atoms with E-state index in [1.54, 1.807) is 12.1 Å². The molecule has 1 aromatic rings. The van der Waals surface area contributed by atoms with E-state index in [-0.39, 0.29) is 23.5 Å². The number of nitrogens with one attached hydrogen (secondary N) is 2. The van der Waals surface area contributed by atoms with E-state index >= 15 is 0 Å². The van der Waals surface area contributed by atoms with Crippen molar-refractivity contribution in [1.29, 1.82) is 0 Å². The lowest BCUT2D eigenvalue weighted by Crippen LogP contribution is -2.33. The third-order valence-electron chi connectivity index (χ3n) is 3.73. The molecular weight excluding hydrogens is 298 g/mol. The molecule has 0 spiro atoms. The summed E-state index contributed by atoms with van der Waals surface area (Å²) in [6.45, 7) is 2.44. The fourth-order valence-electron chi connectivity index (χ4n) is 2.47. The SMILES string of the molecule is O=C(CCCNC(=O)c1ccco1)NCCC(=O)N1CCCC1. The standard InChI is InChI=1S/C16H23N3O4/c20-14(17-9-7-15(21)19-10-1-2-11-19)6-3-8-18-16(22)13-5-4-12-23-13/h4-5,12H,1-3,6-11H2,(H,17,20)(H,18,22). The van der Waals surface area contributed by atoms with Gasteiger partial charge in [-0.05, 0) is 31.4 Å². The van der Waals surface area contributed by atoms with Gasteiger partial charge in [-0.1, -0.05) is 0 Å². The highest BCUT2D eigenvalue weighted by Crippen LogP contribution is 2.08. The number of hydrogen-bond donors (Lipinski definition) is 2. The third-order valence-corrected chi connectivity index (χ3v) is 3.73. The van der Waals surface area contributed by atoms with Gasteiger partial charge in [-0.2, -0.15) is 0 Å². The first-order chi connectivity index (χ1) is 11.2. The maximum Gasteiger partial charge on any atom is 0.286 e. The lowest BCUT2D eigenvalue weighted by Gasteiger charge is -2.15. The van der Waals surface area contributed by atoms with Gasteiger partial charge in [0.05, 0.1) is 6.26 Å². The fourth-order valence-corrected chi connectivity index (χ4v) is 2.47. The highest BCUT2D eigenvalue weighted by molar-refractivity contribution is 5.91. The summed E-state index contributed by atoms with van der Waals surface area (Å²) in [5.74, 6) is -0.0264. The molecule has 0 unspecified atom stereocenters. The van der Waals surface area contributed by atoms with Crippen LogP contribution < -0.4 is 10.6 Å². The molecule has 1 saturated heterocycles. The first-order valence-corrected chi connectivity index (χ1v) is 8.03. The zero-order chi connectivity index (χ0) is 16.5. The molecule has 7 heteroatoms. The monoisotopic (exact) mass is 321 g/mol. The molecule has 3 amide bonds. The van der Waals surface area contributed by atoms with Crippen LogP contribution in [0.4, 0.5) is 0 Å². The zero-order valence-corrected chi connectivity index (χ0v) is 13.2. The minimum Gasteiger partial charge on any atom is -0.459 e. The lowest BCUT2D eigenvalue weighted by molar-refractivity contribution is -0.130. The largest absolute Gasteiger partial charge is 0.459 e. The number of rotatable bonds is 8. The van der Waals surface area contributed by atoms with Gasteiger partial charge in [-0.25, -0.2) is 0 Å². The molecule has 0 bridgehead atoms. The molecule has 23 heavy (non-hydrogen) atoms. The van der Waals surface area contributed by atoms with Gasteiger partial charge < -0.3 is 20.0 Å². The second-order valence-corrected chi connectivity index (χ2v) is 5.52. The van der Waals surface area contributed by atoms with Crippen LogP contribution in [0.3, 0.4) is 0 Å². The molecule has 2 rings (SSSR count). The van der Waals surface area contributed by atoms with Gasteiger partial charge in [0.15, 0.2) is 5.76 Å². The second kappa shape index (κ2) is 8.97. The summed E-state index contributed by atoms with van der Waals surface area (Å²) in [7, 11) is 0. The predicted octanol–water partition coefficient (Wildman–Crippen LogP) is 0.918. The van der Waals surface area contributed by atoms with E-state index < -0.39 is 0 Å². The quantitative estimate of drug-likeness (QED) is 0.697. The Morgan fingerprint density at radius 1 is 1.09 bits per heavy atom. The van der Waals surface area contributed by atoms with E-state index in [2.05, 4.69) is 10.6 Å². The second-order valence-electron chi connectivity index (χ2n) is 5.52. The van der Waals surface area contributed by atoms with Gasteiger partial charge in [-0.15, -0.1) is 0 Å². The Labute approximate surface area is 135 Å². The maximum atomic E-state index is 11.8. The molecule has 0 saturated carbocycles. The number of carbonyl (C=O) groups is 3. The van der Waals surface area contributed by atoms with Crippen LogP contribution in [-0.4, -0.2) is 48.8 Å². The van der Waals surface area contributed by atoms with E-state index in [0.29, 0.717) is 32.4 Å². The molecule has 126 valence electrons. The van der Waals surface area contributed by atoms with Gasteiger partial charge in [0.25, 0.3) is 5.91 Å². The Morgan fingerprint density at radius 2 is 1.87 bits per heavy atom.